The van der Waals surface area contributed by atoms with E-state index >= 15 is 0 Å². The van der Waals surface area contributed by atoms with Gasteiger partial charge in [0.2, 0.25) is 0 Å². The van der Waals surface area contributed by atoms with Crippen molar-refractivity contribution in [2.45, 2.75) is 59.0 Å². The molecule has 2 aliphatic heterocycles. The number of piperidine rings is 2. The summed E-state index contributed by atoms with van der Waals surface area (Å²) in [7, 11) is 2.19. The van der Waals surface area contributed by atoms with Gasteiger partial charge in [0, 0.05) is 25.7 Å². The van der Waals surface area contributed by atoms with Crippen molar-refractivity contribution in [3.05, 3.63) is 11.9 Å². The highest BCUT2D eigenvalue weighted by molar-refractivity contribution is 5.90. The Morgan fingerprint density at radius 3 is 2.88 bits per heavy atom. The number of fused-ring (bicyclic) bond motifs is 1. The van der Waals surface area contributed by atoms with Gasteiger partial charge in [-0.3, -0.25) is 4.68 Å². The summed E-state index contributed by atoms with van der Waals surface area (Å²) in [4.78, 5) is 17.4. The van der Waals surface area contributed by atoms with Crippen LogP contribution in [0.4, 0.5) is 10.5 Å². The monoisotopic (exact) mass is 347 g/mol. The quantitative estimate of drug-likeness (QED) is 0.911. The van der Waals surface area contributed by atoms with Crippen LogP contribution in [0.2, 0.25) is 0 Å². The number of hydrogen-bond acceptors (Lipinski definition) is 3. The average molecular weight is 348 g/mol. The molecule has 0 aromatic carbocycles. The Morgan fingerprint density at radius 2 is 2.16 bits per heavy atom. The molecule has 0 bridgehead atoms. The maximum Gasteiger partial charge on any atom is 0.322 e. The Balaban J connectivity index is 1.70. The van der Waals surface area contributed by atoms with Gasteiger partial charge in [-0.15, -0.1) is 0 Å². The average Bonchev–Trinajstić information content (AvgIpc) is 2.94. The summed E-state index contributed by atoms with van der Waals surface area (Å²) >= 11 is 0. The van der Waals surface area contributed by atoms with Crippen molar-refractivity contribution < 1.29 is 4.79 Å². The SMILES string of the molecule is CCc1c(NC(=O)N2CCC[C@@H]3CN(C)CC[C@H]32)cnn1CC(C)C. The smallest absolute Gasteiger partial charge is 0.321 e. The first-order valence-electron chi connectivity index (χ1n) is 9.80. The number of amides is 2. The minimum Gasteiger partial charge on any atom is -0.321 e. The van der Waals surface area contributed by atoms with E-state index in [1.165, 1.54) is 6.42 Å². The van der Waals surface area contributed by atoms with Gasteiger partial charge >= 0.3 is 6.03 Å². The van der Waals surface area contributed by atoms with Crippen LogP contribution in [0.5, 0.6) is 0 Å². The third-order valence-corrected chi connectivity index (χ3v) is 5.60. The molecular weight excluding hydrogens is 314 g/mol. The molecule has 3 rings (SSSR count). The van der Waals surface area contributed by atoms with Gasteiger partial charge in [0.1, 0.15) is 0 Å². The van der Waals surface area contributed by atoms with Crippen molar-refractivity contribution in [2.75, 3.05) is 32.0 Å². The van der Waals surface area contributed by atoms with Crippen molar-refractivity contribution in [1.82, 2.24) is 19.6 Å². The lowest BCUT2D eigenvalue weighted by molar-refractivity contribution is 0.0579. The first-order valence-corrected chi connectivity index (χ1v) is 9.80. The van der Waals surface area contributed by atoms with E-state index in [0.29, 0.717) is 17.9 Å². The van der Waals surface area contributed by atoms with Crippen LogP contribution < -0.4 is 5.32 Å². The molecule has 1 aromatic rings. The number of rotatable bonds is 4. The van der Waals surface area contributed by atoms with E-state index in [4.69, 9.17) is 0 Å². The Labute approximate surface area is 151 Å². The van der Waals surface area contributed by atoms with Gasteiger partial charge in [0.15, 0.2) is 0 Å². The summed E-state index contributed by atoms with van der Waals surface area (Å²) in [6, 6.07) is 0.443. The molecule has 2 aliphatic rings. The predicted molar refractivity (Wildman–Crippen MR) is 101 cm³/mol. The molecule has 1 N–H and O–H groups in total. The summed E-state index contributed by atoms with van der Waals surface area (Å²) in [5.74, 6) is 1.16. The molecule has 1 aromatic heterocycles. The predicted octanol–water partition coefficient (Wildman–Crippen LogP) is 3.05. The molecular formula is C19H33N5O. The normalized spacial score (nSPS) is 24.4. The first kappa shape index (κ1) is 18.2. The van der Waals surface area contributed by atoms with E-state index in [2.05, 4.69) is 48.0 Å². The number of urea groups is 1. The van der Waals surface area contributed by atoms with E-state index in [1.807, 2.05) is 10.9 Å². The Kier molecular flexibility index (Phi) is 5.67. The number of aromatic nitrogens is 2. The summed E-state index contributed by atoms with van der Waals surface area (Å²) in [6.07, 6.45) is 6.12. The zero-order valence-electron chi connectivity index (χ0n) is 16.2. The van der Waals surface area contributed by atoms with Crippen LogP contribution in [0.3, 0.4) is 0 Å². The van der Waals surface area contributed by atoms with Crippen molar-refractivity contribution in [3.63, 3.8) is 0 Å². The molecule has 6 nitrogen and oxygen atoms in total. The van der Waals surface area contributed by atoms with E-state index in [1.54, 1.807) is 0 Å². The lowest BCUT2D eigenvalue weighted by Crippen LogP contribution is -2.56. The van der Waals surface area contributed by atoms with Crippen LogP contribution in [0.15, 0.2) is 6.20 Å². The molecule has 2 saturated heterocycles. The molecule has 0 saturated carbocycles. The van der Waals surface area contributed by atoms with Crippen LogP contribution in [-0.4, -0.2) is 58.3 Å². The van der Waals surface area contributed by atoms with Gasteiger partial charge < -0.3 is 15.1 Å². The fourth-order valence-electron chi connectivity index (χ4n) is 4.42. The molecule has 6 heteroatoms. The summed E-state index contributed by atoms with van der Waals surface area (Å²) in [5, 5.41) is 7.65. The number of carbonyl (C=O) groups excluding carboxylic acids is 1. The second-order valence-corrected chi connectivity index (χ2v) is 8.08. The summed E-state index contributed by atoms with van der Waals surface area (Å²) in [5.41, 5.74) is 2.00. The van der Waals surface area contributed by atoms with Crippen LogP contribution in [0.25, 0.3) is 0 Å². The zero-order chi connectivity index (χ0) is 18.0. The van der Waals surface area contributed by atoms with Gasteiger partial charge in [0.25, 0.3) is 0 Å². The molecule has 2 atom stereocenters. The maximum absolute atomic E-state index is 13.0. The largest absolute Gasteiger partial charge is 0.322 e. The molecule has 0 spiro atoms. The third kappa shape index (κ3) is 4.00. The number of carbonyl (C=O) groups is 1. The minimum atomic E-state index is 0.0538. The maximum atomic E-state index is 13.0. The van der Waals surface area contributed by atoms with Crippen LogP contribution in [0.1, 0.15) is 45.7 Å². The number of anilines is 1. The zero-order valence-corrected chi connectivity index (χ0v) is 16.2. The number of hydrogen-bond donors (Lipinski definition) is 1. The van der Waals surface area contributed by atoms with Gasteiger partial charge in [-0.05, 0) is 51.1 Å². The molecule has 0 unspecified atom stereocenters. The van der Waals surface area contributed by atoms with E-state index in [-0.39, 0.29) is 6.03 Å². The summed E-state index contributed by atoms with van der Waals surface area (Å²) < 4.78 is 2.04. The van der Waals surface area contributed by atoms with Crippen LogP contribution in [0, 0.1) is 11.8 Å². The van der Waals surface area contributed by atoms with Gasteiger partial charge in [0.05, 0.1) is 17.6 Å². The third-order valence-electron chi connectivity index (χ3n) is 5.60. The van der Waals surface area contributed by atoms with Gasteiger partial charge in [-0.1, -0.05) is 20.8 Å². The number of nitrogens with zero attached hydrogens (tertiary/aromatic N) is 4. The van der Waals surface area contributed by atoms with Crippen molar-refractivity contribution in [2.24, 2.45) is 11.8 Å². The van der Waals surface area contributed by atoms with Crippen molar-refractivity contribution >= 4 is 11.7 Å². The molecule has 25 heavy (non-hydrogen) atoms. The molecule has 0 aliphatic carbocycles. The Morgan fingerprint density at radius 1 is 1.36 bits per heavy atom. The first-order chi connectivity index (χ1) is 12.0. The lowest BCUT2D eigenvalue weighted by Gasteiger charge is -2.46. The highest BCUT2D eigenvalue weighted by Crippen LogP contribution is 2.30. The molecule has 0 radical (unpaired) electrons. The number of likely N-dealkylation sites (tertiary alicyclic amines) is 2. The van der Waals surface area contributed by atoms with Gasteiger partial charge in [-0.25, -0.2) is 4.79 Å². The Bertz CT molecular complexity index is 597. The second kappa shape index (κ2) is 7.77. The summed E-state index contributed by atoms with van der Waals surface area (Å²) in [6.45, 7) is 10.5. The van der Waals surface area contributed by atoms with Gasteiger partial charge in [-0.2, -0.15) is 5.10 Å². The number of nitrogens with one attached hydrogen (secondary N) is 1. The van der Waals surface area contributed by atoms with E-state index in [9.17, 15) is 4.79 Å². The highest BCUT2D eigenvalue weighted by Gasteiger charge is 2.37. The van der Waals surface area contributed by atoms with Crippen LogP contribution in [-0.2, 0) is 13.0 Å². The molecule has 2 amide bonds. The van der Waals surface area contributed by atoms with E-state index < -0.39 is 0 Å². The van der Waals surface area contributed by atoms with Crippen molar-refractivity contribution in [3.8, 4) is 0 Å². The molecule has 3 heterocycles. The topological polar surface area (TPSA) is 53.4 Å². The second-order valence-electron chi connectivity index (χ2n) is 8.08. The van der Waals surface area contributed by atoms with E-state index in [0.717, 1.165) is 56.8 Å². The standard InChI is InChI=1S/C19H33N5O/c1-5-17-16(11-20-24(17)12-14(2)3)21-19(25)23-9-6-7-15-13-22(4)10-8-18(15)23/h11,14-15,18H,5-10,12-13H2,1-4H3,(H,21,25)/t15-,18-/m1/s1. The highest BCUT2D eigenvalue weighted by atomic mass is 16.2. The minimum absolute atomic E-state index is 0.0538. The fourth-order valence-corrected chi connectivity index (χ4v) is 4.42. The van der Waals surface area contributed by atoms with Crippen LogP contribution >= 0.6 is 0 Å². The lowest BCUT2D eigenvalue weighted by atomic mass is 9.84. The Hall–Kier alpha value is -1.56. The van der Waals surface area contributed by atoms with Crippen molar-refractivity contribution in [1.29, 1.82) is 0 Å². The molecule has 140 valence electrons. The fraction of sp³-hybridized carbons (Fsp3) is 0.789. The molecule has 2 fully saturated rings.